The molecule has 30 heavy (non-hydrogen) atoms. The molecule has 2 aromatic rings. The Morgan fingerprint density at radius 3 is 2.60 bits per heavy atom. The second-order valence-electron chi connectivity index (χ2n) is 6.70. The monoisotopic (exact) mass is 511 g/mol. The lowest BCUT2D eigenvalue weighted by Crippen LogP contribution is -2.59. The van der Waals surface area contributed by atoms with E-state index in [1.54, 1.807) is 24.3 Å². The first kappa shape index (κ1) is 22.8. The summed E-state index contributed by atoms with van der Waals surface area (Å²) in [4.78, 5) is 24.7. The van der Waals surface area contributed by atoms with E-state index in [0.29, 0.717) is 5.69 Å². The van der Waals surface area contributed by atoms with Crippen LogP contribution in [0.1, 0.15) is 12.5 Å². The summed E-state index contributed by atoms with van der Waals surface area (Å²) < 4.78 is 26.5. The van der Waals surface area contributed by atoms with Gasteiger partial charge in [-0.15, -0.1) is 11.8 Å². The van der Waals surface area contributed by atoms with Crippen molar-refractivity contribution in [1.82, 2.24) is 10.6 Å². The fourth-order valence-corrected chi connectivity index (χ4v) is 5.65. The van der Waals surface area contributed by atoms with Crippen LogP contribution < -0.4 is 16.0 Å². The molecule has 2 amide bonds. The second-order valence-corrected chi connectivity index (χ2v) is 10.8. The second kappa shape index (κ2) is 9.95. The summed E-state index contributed by atoms with van der Waals surface area (Å²) in [5, 5.41) is 7.19. The Balaban J connectivity index is 1.54. The van der Waals surface area contributed by atoms with Gasteiger partial charge in [0.25, 0.3) is 0 Å². The molecule has 1 aliphatic rings. The highest BCUT2D eigenvalue weighted by Gasteiger charge is 2.38. The molecule has 3 rings (SSSR count). The van der Waals surface area contributed by atoms with Crippen molar-refractivity contribution in [3.05, 3.63) is 58.6 Å². The molecule has 10 heteroatoms. The predicted molar refractivity (Wildman–Crippen MR) is 122 cm³/mol. The number of aryl methyl sites for hydroxylation is 1. The molecular weight excluding hydrogens is 490 g/mol. The molecule has 3 N–H and O–H groups in total. The lowest BCUT2D eigenvalue weighted by Gasteiger charge is -2.29. The van der Waals surface area contributed by atoms with Gasteiger partial charge in [0.05, 0.1) is 10.6 Å². The molecule has 1 saturated heterocycles. The van der Waals surface area contributed by atoms with Gasteiger partial charge in [-0.05, 0) is 42.3 Å². The van der Waals surface area contributed by atoms with Gasteiger partial charge >= 0.3 is 0 Å². The molecule has 1 heterocycles. The zero-order chi connectivity index (χ0) is 21.7. The average molecular weight is 512 g/mol. The number of benzene rings is 2. The van der Waals surface area contributed by atoms with Crippen molar-refractivity contribution in [3.8, 4) is 0 Å². The van der Waals surface area contributed by atoms with E-state index >= 15 is 0 Å². The third-order valence-corrected chi connectivity index (χ3v) is 8.18. The summed E-state index contributed by atoms with van der Waals surface area (Å²) in [5.74, 6) is -0.696. The number of halogens is 1. The van der Waals surface area contributed by atoms with Crippen LogP contribution in [0.15, 0.2) is 57.9 Å². The van der Waals surface area contributed by atoms with E-state index in [0.717, 1.165) is 16.5 Å². The number of carbonyl (C=O) groups is 2. The normalized spacial score (nSPS) is 19.2. The minimum absolute atomic E-state index is 0.0192. The van der Waals surface area contributed by atoms with Crippen molar-refractivity contribution in [1.29, 1.82) is 0 Å². The van der Waals surface area contributed by atoms with Crippen LogP contribution in [0.25, 0.3) is 0 Å². The minimum atomic E-state index is -3.80. The Labute approximate surface area is 188 Å². The van der Waals surface area contributed by atoms with Crippen molar-refractivity contribution in [2.24, 2.45) is 0 Å². The fourth-order valence-electron chi connectivity index (χ4n) is 2.93. The number of rotatable bonds is 7. The maximum Gasteiger partial charge on any atom is 0.241 e. The van der Waals surface area contributed by atoms with Gasteiger partial charge in [-0.2, -0.15) is 0 Å². The van der Waals surface area contributed by atoms with Gasteiger partial charge in [0.15, 0.2) is 15.1 Å². The molecule has 0 saturated carbocycles. The third kappa shape index (κ3) is 5.63. The number of sulfone groups is 1. The summed E-state index contributed by atoms with van der Waals surface area (Å²) in [6.45, 7) is 1.97. The van der Waals surface area contributed by atoms with E-state index in [4.69, 9.17) is 0 Å². The summed E-state index contributed by atoms with van der Waals surface area (Å²) >= 11 is 4.53. The lowest BCUT2D eigenvalue weighted by atomic mass is 10.2. The van der Waals surface area contributed by atoms with Crippen LogP contribution in [0.3, 0.4) is 0 Å². The largest absolute Gasteiger partial charge is 0.331 e. The van der Waals surface area contributed by atoms with Gasteiger partial charge in [-0.3, -0.25) is 14.9 Å². The van der Waals surface area contributed by atoms with E-state index in [2.05, 4.69) is 31.9 Å². The maximum absolute atomic E-state index is 12.8. The number of amides is 2. The van der Waals surface area contributed by atoms with Crippen LogP contribution in [-0.2, 0) is 25.8 Å². The Morgan fingerprint density at radius 1 is 1.23 bits per heavy atom. The summed E-state index contributed by atoms with van der Waals surface area (Å²) in [6, 6.07) is 13.8. The van der Waals surface area contributed by atoms with Crippen LogP contribution in [-0.4, -0.2) is 43.3 Å². The number of anilines is 1. The average Bonchev–Trinajstić information content (AvgIpc) is 2.72. The van der Waals surface area contributed by atoms with Crippen molar-refractivity contribution in [2.45, 2.75) is 29.0 Å². The van der Waals surface area contributed by atoms with Crippen molar-refractivity contribution >= 4 is 55.0 Å². The van der Waals surface area contributed by atoms with E-state index in [9.17, 15) is 18.0 Å². The Hall–Kier alpha value is -1.88. The number of hydrogen-bond acceptors (Lipinski definition) is 6. The first-order valence-electron chi connectivity index (χ1n) is 9.33. The highest BCUT2D eigenvalue weighted by Crippen LogP contribution is 2.21. The van der Waals surface area contributed by atoms with E-state index < -0.39 is 26.5 Å². The molecule has 0 aromatic heterocycles. The van der Waals surface area contributed by atoms with E-state index in [1.165, 1.54) is 23.9 Å². The molecule has 1 aliphatic heterocycles. The molecule has 2 aromatic carbocycles. The van der Waals surface area contributed by atoms with Crippen LogP contribution in [0.5, 0.6) is 0 Å². The smallest absolute Gasteiger partial charge is 0.241 e. The molecule has 7 nitrogen and oxygen atoms in total. The quantitative estimate of drug-likeness (QED) is 0.527. The van der Waals surface area contributed by atoms with Crippen LogP contribution in [0.4, 0.5) is 5.69 Å². The van der Waals surface area contributed by atoms with Gasteiger partial charge in [-0.25, -0.2) is 8.42 Å². The minimum Gasteiger partial charge on any atom is -0.331 e. The van der Waals surface area contributed by atoms with Crippen molar-refractivity contribution < 1.29 is 18.0 Å². The SMILES string of the molecule is CCc1ccc(S(=O)(=O)C2CNC(SCC(=O)Nc3cccc(Br)c3)NC2=O)cc1. The highest BCUT2D eigenvalue weighted by atomic mass is 79.9. The first-order chi connectivity index (χ1) is 14.3. The molecule has 0 spiro atoms. The Morgan fingerprint density at radius 2 is 1.97 bits per heavy atom. The molecule has 0 bridgehead atoms. The third-order valence-electron chi connectivity index (χ3n) is 4.58. The maximum atomic E-state index is 12.8. The number of hydrogen-bond donors (Lipinski definition) is 3. The molecular formula is C20H22BrN3O4S2. The lowest BCUT2D eigenvalue weighted by molar-refractivity contribution is -0.122. The summed E-state index contributed by atoms with van der Waals surface area (Å²) in [6.07, 6.45) is 0.805. The molecule has 0 radical (unpaired) electrons. The van der Waals surface area contributed by atoms with Gasteiger partial charge in [0, 0.05) is 16.7 Å². The number of nitrogens with one attached hydrogen (secondary N) is 3. The zero-order valence-electron chi connectivity index (χ0n) is 16.2. The standard InChI is InChI=1S/C20H22BrN3O4S2/c1-2-13-6-8-16(9-7-13)30(27,28)17-11-22-20(24-19(17)26)29-12-18(25)23-15-5-3-4-14(21)10-15/h3-10,17,20,22H,2,11-12H2,1H3,(H,23,25)(H,24,26). The van der Waals surface area contributed by atoms with Gasteiger partial charge < -0.3 is 10.6 Å². The summed E-state index contributed by atoms with van der Waals surface area (Å²) in [5.41, 5.74) is 1.15. The molecule has 1 fully saturated rings. The number of thioether (sulfide) groups is 1. The van der Waals surface area contributed by atoms with Crippen LogP contribution in [0.2, 0.25) is 0 Å². The van der Waals surface area contributed by atoms with Gasteiger partial charge in [0.2, 0.25) is 11.8 Å². The zero-order valence-corrected chi connectivity index (χ0v) is 19.4. The predicted octanol–water partition coefficient (Wildman–Crippen LogP) is 2.53. The highest BCUT2D eigenvalue weighted by molar-refractivity contribution is 9.10. The van der Waals surface area contributed by atoms with E-state index in [-0.39, 0.29) is 23.1 Å². The Kier molecular flexibility index (Phi) is 7.56. The summed E-state index contributed by atoms with van der Waals surface area (Å²) in [7, 11) is -3.80. The van der Waals surface area contributed by atoms with Crippen molar-refractivity contribution in [2.75, 3.05) is 17.6 Å². The molecule has 0 aliphatic carbocycles. The fraction of sp³-hybridized carbons (Fsp3) is 0.300. The Bertz CT molecular complexity index is 1030. The van der Waals surface area contributed by atoms with Crippen LogP contribution in [0, 0.1) is 0 Å². The van der Waals surface area contributed by atoms with Gasteiger partial charge in [0.1, 0.15) is 5.50 Å². The molecule has 160 valence electrons. The molecule has 2 atom stereocenters. The van der Waals surface area contributed by atoms with Crippen molar-refractivity contribution in [3.63, 3.8) is 0 Å². The topological polar surface area (TPSA) is 104 Å². The van der Waals surface area contributed by atoms with Gasteiger partial charge in [-0.1, -0.05) is 41.1 Å². The van der Waals surface area contributed by atoms with E-state index in [1.807, 2.05) is 19.1 Å². The molecule has 2 unspecified atom stereocenters. The first-order valence-corrected chi connectivity index (χ1v) is 12.7. The number of carbonyl (C=O) groups excluding carboxylic acids is 2. The van der Waals surface area contributed by atoms with Crippen LogP contribution >= 0.6 is 27.7 Å².